The van der Waals surface area contributed by atoms with Gasteiger partial charge in [-0.25, -0.2) is 18.2 Å². The predicted octanol–water partition coefficient (Wildman–Crippen LogP) is 6.30. The summed E-state index contributed by atoms with van der Waals surface area (Å²) in [5.74, 6) is -3.25. The number of thioether (sulfide) groups is 1. The van der Waals surface area contributed by atoms with Gasteiger partial charge in [0, 0.05) is 49.2 Å². The Morgan fingerprint density at radius 2 is 1.85 bits per heavy atom. The molecule has 4 aromatic rings. The molecule has 13 nitrogen and oxygen atoms in total. The van der Waals surface area contributed by atoms with Crippen molar-refractivity contribution in [3.8, 4) is 29.0 Å². The van der Waals surface area contributed by atoms with Gasteiger partial charge in [-0.05, 0) is 44.5 Å². The number of benzene rings is 2. The lowest BCUT2D eigenvalue weighted by atomic mass is 9.92. The van der Waals surface area contributed by atoms with E-state index < -0.39 is 67.8 Å². The number of fused-ring (bicyclic) bond motifs is 1. The molecule has 0 aliphatic carbocycles. The number of hydrogen-bond donors (Lipinski definition) is 2. The summed E-state index contributed by atoms with van der Waals surface area (Å²) in [6.45, 7) is 12.4. The summed E-state index contributed by atoms with van der Waals surface area (Å²) < 4.78 is 104. The first kappa shape index (κ1) is 43.5. The van der Waals surface area contributed by atoms with Crippen LogP contribution in [0.15, 0.2) is 41.0 Å². The molecule has 316 valence electrons. The van der Waals surface area contributed by atoms with Crippen LogP contribution in [0.4, 0.5) is 38.0 Å². The first-order valence-corrected chi connectivity index (χ1v) is 19.7. The van der Waals surface area contributed by atoms with E-state index in [4.69, 9.17) is 25.7 Å². The van der Waals surface area contributed by atoms with Gasteiger partial charge in [-0.15, -0.1) is 0 Å². The summed E-state index contributed by atoms with van der Waals surface area (Å²) >= 11 is 0.521. The predicted molar refractivity (Wildman–Crippen MR) is 210 cm³/mol. The van der Waals surface area contributed by atoms with Crippen LogP contribution in [-0.2, 0) is 17.5 Å². The Morgan fingerprint density at radius 1 is 1.10 bits per heavy atom. The van der Waals surface area contributed by atoms with Crippen LogP contribution < -0.4 is 25.8 Å². The molecule has 0 saturated carbocycles. The fourth-order valence-corrected chi connectivity index (χ4v) is 8.19. The second kappa shape index (κ2) is 18.9. The lowest BCUT2D eigenvalue weighted by Gasteiger charge is -2.24. The molecule has 3 saturated heterocycles. The number of nitrogens with two attached hydrogens (primary N) is 2. The Labute approximate surface area is 341 Å². The number of methoxy groups -OCH3 is 1. The summed E-state index contributed by atoms with van der Waals surface area (Å²) in [4.78, 5) is 22.1. The third kappa shape index (κ3) is 9.69. The van der Waals surface area contributed by atoms with E-state index in [1.54, 1.807) is 6.07 Å². The smallest absolute Gasteiger partial charge is 0.420 e. The molecule has 59 heavy (non-hydrogen) atoms. The van der Waals surface area contributed by atoms with Crippen LogP contribution in [0.5, 0.6) is 11.8 Å². The molecule has 0 radical (unpaired) electrons. The molecule has 0 amide bonds. The number of nitrogens with zero attached hydrogens (tertiary/aromatic N) is 8. The van der Waals surface area contributed by atoms with Crippen molar-refractivity contribution in [3.05, 3.63) is 64.6 Å². The van der Waals surface area contributed by atoms with Gasteiger partial charge < -0.3 is 30.6 Å². The topological polar surface area (TPSA) is 165 Å². The molecule has 4 aliphatic rings. The van der Waals surface area contributed by atoms with Crippen LogP contribution >= 0.6 is 11.8 Å². The normalized spacial score (nSPS) is 19.1. The molecule has 8 rings (SSSR count). The molecule has 4 N–H and O–H groups in total. The maximum atomic E-state index is 16.5. The van der Waals surface area contributed by atoms with Gasteiger partial charge in [0.15, 0.2) is 5.82 Å². The second-order valence-corrected chi connectivity index (χ2v) is 15.1. The summed E-state index contributed by atoms with van der Waals surface area (Å²) in [5.41, 5.74) is 7.47. The van der Waals surface area contributed by atoms with Crippen molar-refractivity contribution >= 4 is 34.3 Å². The Balaban J connectivity index is 0.000000280. The van der Waals surface area contributed by atoms with E-state index in [-0.39, 0.29) is 48.1 Å². The Morgan fingerprint density at radius 3 is 2.47 bits per heavy atom. The van der Waals surface area contributed by atoms with Gasteiger partial charge in [0.2, 0.25) is 0 Å². The molecule has 20 heteroatoms. The average molecular weight is 847 g/mol. The molecule has 2 aromatic heterocycles. The molecular weight excluding hydrogens is 803 g/mol. The average Bonchev–Trinajstić information content (AvgIpc) is 3.75. The number of alkyl halides is 4. The minimum atomic E-state index is -5.21. The molecule has 4 aliphatic heterocycles. The van der Waals surface area contributed by atoms with Crippen molar-refractivity contribution in [3.63, 3.8) is 0 Å². The van der Waals surface area contributed by atoms with Gasteiger partial charge in [0.1, 0.15) is 58.8 Å². The van der Waals surface area contributed by atoms with Gasteiger partial charge in [0.25, 0.3) is 0 Å². The Hall–Kier alpha value is -5.10. The number of hydrogen-bond acceptors (Lipinski definition) is 14. The van der Waals surface area contributed by atoms with E-state index >= 15 is 4.39 Å². The molecular formula is C39H44F6N10O3S. The quantitative estimate of drug-likeness (QED) is 0.157. The first-order valence-electron chi connectivity index (χ1n) is 18.9. The number of anilines is 2. The van der Waals surface area contributed by atoms with Crippen molar-refractivity contribution < 1.29 is 40.6 Å². The van der Waals surface area contributed by atoms with Crippen LogP contribution in [0.3, 0.4) is 0 Å². The van der Waals surface area contributed by atoms with Crippen molar-refractivity contribution in [2.45, 2.75) is 56.0 Å². The number of halogens is 6. The molecule has 0 spiro atoms. The van der Waals surface area contributed by atoms with Crippen LogP contribution in [0.1, 0.15) is 43.0 Å². The Bertz CT molecular complexity index is 2190. The fourth-order valence-electron chi connectivity index (χ4n) is 7.50. The summed E-state index contributed by atoms with van der Waals surface area (Å²) in [6.07, 6.45) is 0.358. The number of likely N-dealkylation sites (N-methyl/N-ethyl adjacent to an activating group) is 1. The lowest BCUT2D eigenvalue weighted by molar-refractivity contribution is -0.138. The first-order chi connectivity index (χ1) is 28.2. The van der Waals surface area contributed by atoms with E-state index in [0.29, 0.717) is 24.3 Å². The van der Waals surface area contributed by atoms with Gasteiger partial charge in [-0.1, -0.05) is 25.3 Å². The van der Waals surface area contributed by atoms with Crippen LogP contribution in [-0.4, -0.2) is 108 Å². The third-order valence-electron chi connectivity index (χ3n) is 10.3. The summed E-state index contributed by atoms with van der Waals surface area (Å²) in [7, 11) is 1.20. The van der Waals surface area contributed by atoms with E-state index in [2.05, 4.69) is 43.2 Å². The zero-order valence-corrected chi connectivity index (χ0v) is 33.3. The van der Waals surface area contributed by atoms with E-state index in [0.717, 1.165) is 51.4 Å². The molecule has 2 unspecified atom stereocenters. The zero-order chi connectivity index (χ0) is 42.4. The van der Waals surface area contributed by atoms with Gasteiger partial charge in [0.05, 0.1) is 54.3 Å². The number of nitrogen functional groups attached to an aromatic ring is 1. The number of rotatable bonds is 7. The van der Waals surface area contributed by atoms with Crippen LogP contribution in [0.25, 0.3) is 22.0 Å². The number of ether oxygens (including phenoxy) is 3. The maximum absolute atomic E-state index is 16.5. The zero-order valence-electron chi connectivity index (χ0n) is 32.5. The number of nitriles is 1. The minimum absolute atomic E-state index is 0.0202. The van der Waals surface area contributed by atoms with Gasteiger partial charge in [-0.3, -0.25) is 14.8 Å². The van der Waals surface area contributed by atoms with Gasteiger partial charge >= 0.3 is 12.2 Å². The maximum Gasteiger partial charge on any atom is 0.420 e. The highest BCUT2D eigenvalue weighted by molar-refractivity contribution is 8.03. The molecule has 0 bridgehead atoms. The molecule has 6 heterocycles. The highest BCUT2D eigenvalue weighted by Gasteiger charge is 2.44. The fraction of sp³-hybridized carbons (Fsp3) is 0.462. The molecule has 2 aromatic carbocycles. The van der Waals surface area contributed by atoms with Crippen LogP contribution in [0.2, 0.25) is 0 Å². The SMILES string of the molecule is C=C(N)Sc1c(F)ccc(-c2c(C(F)(F)F)c3c4c(nc(OC)nc4c2F)N(Cc2nccnc2N)CCO3)c1C#N.CCN1CCOCC1.FC1CC2CCCN2C1. The third-order valence-corrected chi connectivity index (χ3v) is 11.1. The van der Waals surface area contributed by atoms with Crippen molar-refractivity contribution in [1.82, 2.24) is 29.7 Å². The minimum Gasteiger partial charge on any atom is -0.490 e. The van der Waals surface area contributed by atoms with Crippen molar-refractivity contribution in [1.29, 1.82) is 5.26 Å². The van der Waals surface area contributed by atoms with Crippen molar-refractivity contribution in [2.24, 2.45) is 5.73 Å². The van der Waals surface area contributed by atoms with E-state index in [9.17, 15) is 27.2 Å². The Kier molecular flexibility index (Phi) is 13.9. The van der Waals surface area contributed by atoms with Gasteiger partial charge in [-0.2, -0.15) is 28.4 Å². The monoisotopic (exact) mass is 846 g/mol. The molecule has 3 fully saturated rings. The number of aromatic nitrogens is 4. The largest absolute Gasteiger partial charge is 0.490 e. The highest BCUT2D eigenvalue weighted by atomic mass is 32.2. The van der Waals surface area contributed by atoms with E-state index in [1.807, 2.05) is 0 Å². The van der Waals surface area contributed by atoms with E-state index in [1.165, 1.54) is 43.8 Å². The second-order valence-electron chi connectivity index (χ2n) is 14.0. The number of morpholine rings is 1. The summed E-state index contributed by atoms with van der Waals surface area (Å²) in [5, 5.41) is 9.36. The molecule has 2 atom stereocenters. The highest BCUT2D eigenvalue weighted by Crippen LogP contribution is 2.52. The summed E-state index contributed by atoms with van der Waals surface area (Å²) in [6, 6.07) is 3.62. The van der Waals surface area contributed by atoms with Crippen LogP contribution in [0, 0.1) is 23.0 Å². The standard InChI is InChI=1S/C26H19F5N8O2S.C7H12FN.C6H13NO/c1-11(33)42-22-13(9-32)12(3-4-14(22)27)16-18(26(29,30)31)21-17-20(19(16)28)37-25(40-2)38-24(17)39(7-8-41-21)10-15-23(34)36-6-5-35-15;8-6-4-7-2-1-3-9(7)5-6;1-2-7-3-5-8-6-4-7/h3-6H,1,7-8,10,33H2,2H3,(H2,34,36);6-7H,1-5H2;2-6H2,1H3. The lowest BCUT2D eigenvalue weighted by Crippen LogP contribution is -2.35. The van der Waals surface area contributed by atoms with Crippen molar-refractivity contribution in [2.75, 3.05) is 76.8 Å².